The molecule has 0 spiro atoms. The Morgan fingerprint density at radius 3 is 2.43 bits per heavy atom. The van der Waals surface area contributed by atoms with E-state index in [0.717, 1.165) is 6.92 Å². The largest absolute Gasteiger partial charge is 0.496 e. The van der Waals surface area contributed by atoms with Crippen molar-refractivity contribution in [2.24, 2.45) is 0 Å². The fourth-order valence-corrected chi connectivity index (χ4v) is 2.31. The van der Waals surface area contributed by atoms with Crippen molar-refractivity contribution < 1.29 is 28.6 Å². The number of benzene rings is 1. The second-order valence-electron chi connectivity index (χ2n) is 5.10. The van der Waals surface area contributed by atoms with E-state index in [1.807, 2.05) is 0 Å². The molecule has 7 heteroatoms. The standard InChI is InChI=1S/C16H17NO6/c1-9(18)17-15-13(22-10(2)19)14(20)16(3,23-15)11-7-5-6-8-12(11)21-4/h5-8H,1-4H3,(H,17,18). The van der Waals surface area contributed by atoms with Gasteiger partial charge in [0, 0.05) is 19.4 Å². The Hall–Kier alpha value is -2.83. The van der Waals surface area contributed by atoms with Crippen LogP contribution in [-0.4, -0.2) is 24.8 Å². The van der Waals surface area contributed by atoms with Crippen LogP contribution < -0.4 is 10.1 Å². The third-order valence-electron chi connectivity index (χ3n) is 3.31. The molecule has 0 aliphatic carbocycles. The van der Waals surface area contributed by atoms with Gasteiger partial charge in [-0.25, -0.2) is 0 Å². The van der Waals surface area contributed by atoms with E-state index in [1.165, 1.54) is 21.0 Å². The smallest absolute Gasteiger partial charge is 0.308 e. The van der Waals surface area contributed by atoms with E-state index in [0.29, 0.717) is 11.3 Å². The van der Waals surface area contributed by atoms with Crippen molar-refractivity contribution in [2.45, 2.75) is 26.4 Å². The van der Waals surface area contributed by atoms with Crippen LogP contribution in [0.4, 0.5) is 0 Å². The second kappa shape index (κ2) is 6.12. The number of nitrogens with one attached hydrogen (secondary N) is 1. The van der Waals surface area contributed by atoms with Crippen LogP contribution in [0.15, 0.2) is 35.9 Å². The lowest BCUT2D eigenvalue weighted by Crippen LogP contribution is -2.32. The van der Waals surface area contributed by atoms with Crippen molar-refractivity contribution in [2.75, 3.05) is 7.11 Å². The highest BCUT2D eigenvalue weighted by Crippen LogP contribution is 2.42. The quantitative estimate of drug-likeness (QED) is 0.843. The number of hydrogen-bond acceptors (Lipinski definition) is 6. The number of Topliss-reactive ketones (excluding diaryl/α,β-unsaturated/α-hetero) is 1. The molecule has 122 valence electrons. The average molecular weight is 319 g/mol. The van der Waals surface area contributed by atoms with Gasteiger partial charge < -0.3 is 14.2 Å². The maximum atomic E-state index is 12.8. The summed E-state index contributed by atoms with van der Waals surface area (Å²) in [5.41, 5.74) is -1.02. The van der Waals surface area contributed by atoms with Gasteiger partial charge in [0.05, 0.1) is 7.11 Å². The molecule has 0 aromatic heterocycles. The summed E-state index contributed by atoms with van der Waals surface area (Å²) in [6.07, 6.45) is 0. The van der Waals surface area contributed by atoms with Crippen LogP contribution in [0.2, 0.25) is 0 Å². The molecule has 1 aromatic rings. The van der Waals surface area contributed by atoms with E-state index in [-0.39, 0.29) is 11.6 Å². The minimum atomic E-state index is -1.48. The number of esters is 1. The van der Waals surface area contributed by atoms with Crippen LogP contribution >= 0.6 is 0 Å². The lowest BCUT2D eigenvalue weighted by molar-refractivity contribution is -0.142. The summed E-state index contributed by atoms with van der Waals surface area (Å²) >= 11 is 0. The van der Waals surface area contributed by atoms with Crippen LogP contribution in [0, 0.1) is 0 Å². The summed E-state index contributed by atoms with van der Waals surface area (Å²) in [6.45, 7) is 3.93. The Labute approximate surface area is 133 Å². The van der Waals surface area contributed by atoms with Gasteiger partial charge in [0.2, 0.25) is 23.2 Å². The molecule has 1 aromatic carbocycles. The van der Waals surface area contributed by atoms with Crippen molar-refractivity contribution in [1.82, 2.24) is 5.32 Å². The van der Waals surface area contributed by atoms with Gasteiger partial charge in [-0.2, -0.15) is 0 Å². The summed E-state index contributed by atoms with van der Waals surface area (Å²) in [7, 11) is 1.47. The Balaban J connectivity index is 2.49. The predicted molar refractivity (Wildman–Crippen MR) is 79.0 cm³/mol. The molecule has 0 saturated heterocycles. The third kappa shape index (κ3) is 3.03. The highest BCUT2D eigenvalue weighted by Gasteiger charge is 2.51. The van der Waals surface area contributed by atoms with Crippen LogP contribution in [-0.2, 0) is 29.5 Å². The predicted octanol–water partition coefficient (Wildman–Crippen LogP) is 1.38. The number of hydrogen-bond donors (Lipinski definition) is 1. The molecule has 7 nitrogen and oxygen atoms in total. The molecular weight excluding hydrogens is 302 g/mol. The molecular formula is C16H17NO6. The molecule has 1 N–H and O–H groups in total. The van der Waals surface area contributed by atoms with E-state index in [4.69, 9.17) is 14.2 Å². The second-order valence-corrected chi connectivity index (χ2v) is 5.10. The summed E-state index contributed by atoms with van der Waals surface area (Å²) in [5.74, 6) is -1.81. The molecule has 1 heterocycles. The lowest BCUT2D eigenvalue weighted by Gasteiger charge is -2.25. The van der Waals surface area contributed by atoms with Gasteiger partial charge in [0.1, 0.15) is 5.75 Å². The number of methoxy groups -OCH3 is 1. The van der Waals surface area contributed by atoms with Gasteiger partial charge in [-0.15, -0.1) is 0 Å². The van der Waals surface area contributed by atoms with Crippen LogP contribution in [0.25, 0.3) is 0 Å². The third-order valence-corrected chi connectivity index (χ3v) is 3.31. The number of carbonyl (C=O) groups is 3. The number of ketones is 1. The van der Waals surface area contributed by atoms with Gasteiger partial charge >= 0.3 is 5.97 Å². The molecule has 23 heavy (non-hydrogen) atoms. The zero-order valence-corrected chi connectivity index (χ0v) is 13.3. The van der Waals surface area contributed by atoms with Crippen LogP contribution in [0.1, 0.15) is 26.3 Å². The summed E-state index contributed by atoms with van der Waals surface area (Å²) in [5, 5.41) is 2.37. The maximum absolute atomic E-state index is 12.8. The highest BCUT2D eigenvalue weighted by atomic mass is 16.6. The fourth-order valence-electron chi connectivity index (χ4n) is 2.31. The van der Waals surface area contributed by atoms with Crippen molar-refractivity contribution in [1.29, 1.82) is 0 Å². The first kappa shape index (κ1) is 16.5. The van der Waals surface area contributed by atoms with Gasteiger partial charge in [0.25, 0.3) is 5.78 Å². The maximum Gasteiger partial charge on any atom is 0.308 e. The lowest BCUT2D eigenvalue weighted by atomic mass is 9.91. The topological polar surface area (TPSA) is 90.9 Å². The molecule has 1 aliphatic heterocycles. The van der Waals surface area contributed by atoms with E-state index in [2.05, 4.69) is 5.32 Å². The summed E-state index contributed by atoms with van der Waals surface area (Å²) < 4.78 is 15.9. The summed E-state index contributed by atoms with van der Waals surface area (Å²) in [6, 6.07) is 6.82. The Bertz CT molecular complexity index is 708. The number of rotatable bonds is 4. The Morgan fingerprint density at radius 2 is 1.87 bits per heavy atom. The van der Waals surface area contributed by atoms with Crippen molar-refractivity contribution in [3.63, 3.8) is 0 Å². The molecule has 1 aliphatic rings. The molecule has 0 radical (unpaired) electrons. The molecule has 0 fully saturated rings. The molecule has 0 saturated carbocycles. The molecule has 0 bridgehead atoms. The Kier molecular flexibility index (Phi) is 4.40. The van der Waals surface area contributed by atoms with Gasteiger partial charge in [0.15, 0.2) is 0 Å². The zero-order chi connectivity index (χ0) is 17.2. The first-order valence-corrected chi connectivity index (χ1v) is 6.87. The normalized spacial score (nSPS) is 20.1. The van der Waals surface area contributed by atoms with Crippen molar-refractivity contribution in [3.05, 3.63) is 41.5 Å². The monoisotopic (exact) mass is 319 g/mol. The zero-order valence-electron chi connectivity index (χ0n) is 13.3. The Morgan fingerprint density at radius 1 is 1.22 bits per heavy atom. The SMILES string of the molecule is COc1ccccc1C1(C)OC(NC(C)=O)=C(OC(C)=O)C1=O. The van der Waals surface area contributed by atoms with Crippen LogP contribution in [0.5, 0.6) is 5.75 Å². The fraction of sp³-hybridized carbons (Fsp3) is 0.312. The number of carbonyl (C=O) groups excluding carboxylic acids is 3. The van der Waals surface area contributed by atoms with E-state index in [1.54, 1.807) is 24.3 Å². The first-order chi connectivity index (χ1) is 10.8. The van der Waals surface area contributed by atoms with E-state index in [9.17, 15) is 14.4 Å². The van der Waals surface area contributed by atoms with Crippen molar-refractivity contribution >= 4 is 17.7 Å². The molecule has 1 amide bonds. The number of ether oxygens (including phenoxy) is 3. The van der Waals surface area contributed by atoms with Gasteiger partial charge in [-0.1, -0.05) is 18.2 Å². The summed E-state index contributed by atoms with van der Waals surface area (Å²) in [4.78, 5) is 35.3. The van der Waals surface area contributed by atoms with Gasteiger partial charge in [-0.05, 0) is 13.0 Å². The number of para-hydroxylation sites is 1. The van der Waals surface area contributed by atoms with E-state index < -0.39 is 23.3 Å². The minimum Gasteiger partial charge on any atom is -0.496 e. The minimum absolute atomic E-state index is 0.189. The van der Waals surface area contributed by atoms with E-state index >= 15 is 0 Å². The van der Waals surface area contributed by atoms with Crippen LogP contribution in [0.3, 0.4) is 0 Å². The molecule has 1 atom stereocenters. The first-order valence-electron chi connectivity index (χ1n) is 6.87. The number of amides is 1. The molecule has 1 unspecified atom stereocenters. The van der Waals surface area contributed by atoms with Gasteiger partial charge in [-0.3, -0.25) is 19.7 Å². The van der Waals surface area contributed by atoms with Crippen molar-refractivity contribution in [3.8, 4) is 5.75 Å². The average Bonchev–Trinajstić information content (AvgIpc) is 2.71. The molecule has 2 rings (SSSR count). The highest BCUT2D eigenvalue weighted by molar-refractivity contribution is 6.05.